The van der Waals surface area contributed by atoms with Gasteiger partial charge >= 0.3 is 0 Å². The zero-order valence-corrected chi connectivity index (χ0v) is 14.2. The Hall–Kier alpha value is -1.10. The first-order valence-electron chi connectivity index (χ1n) is 9.46. The van der Waals surface area contributed by atoms with Gasteiger partial charge in [0, 0.05) is 45.2 Å². The highest BCUT2D eigenvalue weighted by Gasteiger charge is 2.47. The molecule has 5 nitrogen and oxygen atoms in total. The molecule has 0 N–H and O–H groups in total. The maximum atomic E-state index is 12.8. The third-order valence-electron chi connectivity index (χ3n) is 6.74. The van der Waals surface area contributed by atoms with Crippen molar-refractivity contribution in [1.29, 1.82) is 0 Å². The lowest BCUT2D eigenvalue weighted by Crippen LogP contribution is -2.50. The molecule has 0 radical (unpaired) electrons. The highest BCUT2D eigenvalue weighted by molar-refractivity contribution is 5.89. The number of carbonyl (C=O) groups excluding carboxylic acids is 2. The van der Waals surface area contributed by atoms with E-state index in [0.29, 0.717) is 24.9 Å². The van der Waals surface area contributed by atoms with Crippen LogP contribution in [0.5, 0.6) is 0 Å². The number of carbonyl (C=O) groups is 2. The minimum atomic E-state index is -0.0881. The van der Waals surface area contributed by atoms with Crippen LogP contribution in [0.1, 0.15) is 39.0 Å². The lowest BCUT2D eigenvalue weighted by molar-refractivity contribution is -0.137. The minimum Gasteiger partial charge on any atom is -0.340 e. The number of likely N-dealkylation sites (tertiary alicyclic amines) is 1. The molecular weight excluding hydrogens is 290 g/mol. The fourth-order valence-corrected chi connectivity index (χ4v) is 5.35. The van der Waals surface area contributed by atoms with E-state index < -0.39 is 0 Å². The van der Waals surface area contributed by atoms with Crippen molar-refractivity contribution in [3.63, 3.8) is 0 Å². The second kappa shape index (κ2) is 6.08. The Balaban J connectivity index is 1.36. The molecule has 0 aromatic carbocycles. The van der Waals surface area contributed by atoms with Crippen LogP contribution in [0.3, 0.4) is 0 Å². The molecule has 2 saturated heterocycles. The van der Waals surface area contributed by atoms with Gasteiger partial charge in [-0.15, -0.1) is 0 Å². The van der Waals surface area contributed by atoms with E-state index in [0.717, 1.165) is 38.6 Å². The maximum Gasteiger partial charge on any atom is 0.228 e. The van der Waals surface area contributed by atoms with Crippen LogP contribution in [0, 0.1) is 17.8 Å². The van der Waals surface area contributed by atoms with E-state index in [1.165, 1.54) is 25.7 Å². The summed E-state index contributed by atoms with van der Waals surface area (Å²) in [6, 6.07) is 0.441. The normalized spacial score (nSPS) is 37.9. The van der Waals surface area contributed by atoms with E-state index in [-0.39, 0.29) is 17.7 Å². The molecule has 4 unspecified atom stereocenters. The van der Waals surface area contributed by atoms with Gasteiger partial charge in [-0.2, -0.15) is 0 Å². The van der Waals surface area contributed by atoms with Gasteiger partial charge in [0.05, 0.1) is 5.92 Å². The summed E-state index contributed by atoms with van der Waals surface area (Å²) in [6.45, 7) is 7.50. The molecule has 0 aromatic heterocycles. The predicted molar refractivity (Wildman–Crippen MR) is 87.8 cm³/mol. The van der Waals surface area contributed by atoms with E-state index in [9.17, 15) is 9.59 Å². The molecule has 4 atom stereocenters. The maximum absolute atomic E-state index is 12.8. The fraction of sp³-hybridized carbons (Fsp3) is 0.889. The molecular formula is C18H29N3O2. The molecule has 2 bridgehead atoms. The second-order valence-electron chi connectivity index (χ2n) is 7.95. The van der Waals surface area contributed by atoms with Crippen molar-refractivity contribution >= 4 is 11.8 Å². The van der Waals surface area contributed by atoms with Crippen LogP contribution < -0.4 is 0 Å². The zero-order valence-electron chi connectivity index (χ0n) is 14.2. The van der Waals surface area contributed by atoms with Crippen molar-refractivity contribution in [2.75, 3.05) is 39.3 Å². The summed E-state index contributed by atoms with van der Waals surface area (Å²) in [5.74, 6) is 1.92. The van der Waals surface area contributed by atoms with Crippen LogP contribution in [0.15, 0.2) is 0 Å². The molecule has 2 aliphatic heterocycles. The average molecular weight is 319 g/mol. The number of amides is 2. The van der Waals surface area contributed by atoms with Crippen molar-refractivity contribution in [3.05, 3.63) is 0 Å². The van der Waals surface area contributed by atoms with E-state index in [4.69, 9.17) is 0 Å². The molecule has 4 fully saturated rings. The summed E-state index contributed by atoms with van der Waals surface area (Å²) in [4.78, 5) is 31.7. The number of hydrogen-bond acceptors (Lipinski definition) is 3. The summed E-state index contributed by atoms with van der Waals surface area (Å²) < 4.78 is 0. The Morgan fingerprint density at radius 2 is 1.91 bits per heavy atom. The molecule has 0 aromatic rings. The summed E-state index contributed by atoms with van der Waals surface area (Å²) in [5, 5.41) is 0. The van der Waals surface area contributed by atoms with Crippen LogP contribution in [-0.2, 0) is 9.59 Å². The van der Waals surface area contributed by atoms with Gasteiger partial charge in [-0.05, 0) is 37.6 Å². The molecule has 4 rings (SSSR count). The highest BCUT2D eigenvalue weighted by atomic mass is 16.2. The van der Waals surface area contributed by atoms with E-state index in [2.05, 4.69) is 16.7 Å². The number of rotatable bonds is 3. The van der Waals surface area contributed by atoms with E-state index in [1.54, 1.807) is 0 Å². The van der Waals surface area contributed by atoms with Crippen LogP contribution in [0.4, 0.5) is 0 Å². The van der Waals surface area contributed by atoms with Gasteiger partial charge in [-0.3, -0.25) is 9.59 Å². The molecule has 2 aliphatic carbocycles. The summed E-state index contributed by atoms with van der Waals surface area (Å²) in [7, 11) is 0. The predicted octanol–water partition coefficient (Wildman–Crippen LogP) is 1.19. The van der Waals surface area contributed by atoms with Gasteiger partial charge in [-0.25, -0.2) is 0 Å². The van der Waals surface area contributed by atoms with Gasteiger partial charge in [-0.1, -0.05) is 13.3 Å². The SMILES string of the molecule is CCN1CCN(C(=O)C2CC(=O)N(C3CC4CCC3C4)C2)CC1. The van der Waals surface area contributed by atoms with Crippen LogP contribution in [-0.4, -0.2) is 71.8 Å². The topological polar surface area (TPSA) is 43.9 Å². The molecule has 2 saturated carbocycles. The van der Waals surface area contributed by atoms with Gasteiger partial charge in [0.2, 0.25) is 11.8 Å². The van der Waals surface area contributed by atoms with Gasteiger partial charge in [0.15, 0.2) is 0 Å². The summed E-state index contributed by atoms with van der Waals surface area (Å²) in [5.41, 5.74) is 0. The quantitative estimate of drug-likeness (QED) is 0.785. The van der Waals surface area contributed by atoms with Crippen molar-refractivity contribution in [2.24, 2.45) is 17.8 Å². The summed E-state index contributed by atoms with van der Waals surface area (Å²) >= 11 is 0. The Labute approximate surface area is 139 Å². The van der Waals surface area contributed by atoms with E-state index >= 15 is 0 Å². The van der Waals surface area contributed by atoms with Gasteiger partial charge < -0.3 is 14.7 Å². The molecule has 4 aliphatic rings. The lowest BCUT2D eigenvalue weighted by Gasteiger charge is -2.35. The number of hydrogen-bond donors (Lipinski definition) is 0. The van der Waals surface area contributed by atoms with Gasteiger partial charge in [0.25, 0.3) is 0 Å². The van der Waals surface area contributed by atoms with Crippen molar-refractivity contribution < 1.29 is 9.59 Å². The van der Waals surface area contributed by atoms with Crippen LogP contribution in [0.25, 0.3) is 0 Å². The second-order valence-corrected chi connectivity index (χ2v) is 7.95. The first-order chi connectivity index (χ1) is 11.2. The molecule has 2 amide bonds. The zero-order chi connectivity index (χ0) is 16.0. The smallest absolute Gasteiger partial charge is 0.228 e. The lowest BCUT2D eigenvalue weighted by atomic mass is 9.94. The van der Waals surface area contributed by atoms with Crippen LogP contribution in [0.2, 0.25) is 0 Å². The monoisotopic (exact) mass is 319 g/mol. The van der Waals surface area contributed by atoms with Crippen molar-refractivity contribution in [2.45, 2.75) is 45.1 Å². The fourth-order valence-electron chi connectivity index (χ4n) is 5.35. The Kier molecular flexibility index (Phi) is 4.08. The molecule has 5 heteroatoms. The average Bonchev–Trinajstić information content (AvgIpc) is 3.29. The Bertz CT molecular complexity index is 487. The van der Waals surface area contributed by atoms with Gasteiger partial charge in [0.1, 0.15) is 0 Å². The first kappa shape index (κ1) is 15.4. The Morgan fingerprint density at radius 1 is 1.13 bits per heavy atom. The van der Waals surface area contributed by atoms with E-state index in [1.807, 2.05) is 4.90 Å². The molecule has 0 spiro atoms. The standard InChI is InChI=1S/C18H29N3O2/c1-2-19-5-7-20(8-6-19)18(23)15-11-17(22)21(12-15)16-10-13-3-4-14(16)9-13/h13-16H,2-12H2,1H3. The Morgan fingerprint density at radius 3 is 2.52 bits per heavy atom. The first-order valence-corrected chi connectivity index (χ1v) is 9.46. The number of likely N-dealkylation sites (N-methyl/N-ethyl adjacent to an activating group) is 1. The minimum absolute atomic E-state index is 0.0881. The van der Waals surface area contributed by atoms with Crippen LogP contribution >= 0.6 is 0 Å². The summed E-state index contributed by atoms with van der Waals surface area (Å²) in [6.07, 6.45) is 5.59. The molecule has 2 heterocycles. The number of piperazine rings is 1. The third kappa shape index (κ3) is 2.77. The van der Waals surface area contributed by atoms with Crippen molar-refractivity contribution in [3.8, 4) is 0 Å². The van der Waals surface area contributed by atoms with Crippen molar-refractivity contribution in [1.82, 2.24) is 14.7 Å². The highest BCUT2D eigenvalue weighted by Crippen LogP contribution is 2.47. The third-order valence-corrected chi connectivity index (χ3v) is 6.74. The molecule has 23 heavy (non-hydrogen) atoms. The number of fused-ring (bicyclic) bond motifs is 2. The number of nitrogens with zero attached hydrogens (tertiary/aromatic N) is 3. The molecule has 128 valence electrons. The largest absolute Gasteiger partial charge is 0.340 e.